The van der Waals surface area contributed by atoms with Gasteiger partial charge in [0.15, 0.2) is 15.6 Å². The zero-order chi connectivity index (χ0) is 26.8. The minimum absolute atomic E-state index is 0.0358. The van der Waals surface area contributed by atoms with Gasteiger partial charge in [0, 0.05) is 36.7 Å². The number of benzene rings is 2. The van der Waals surface area contributed by atoms with E-state index in [9.17, 15) is 18.0 Å². The number of amidine groups is 1. The molecule has 9 nitrogen and oxygen atoms in total. The first kappa shape index (κ1) is 27.2. The maximum Gasteiger partial charge on any atom is 0.254 e. The number of anilines is 1. The van der Waals surface area contributed by atoms with E-state index >= 15 is 0 Å². The summed E-state index contributed by atoms with van der Waals surface area (Å²) < 4.78 is 28.9. The summed E-state index contributed by atoms with van der Waals surface area (Å²) in [7, 11) is -1.72. The number of hydrogen-bond acceptors (Lipinski definition) is 7. The average Bonchev–Trinajstić information content (AvgIpc) is 3.09. The quantitative estimate of drug-likeness (QED) is 0.438. The molecule has 0 saturated heterocycles. The Balaban J connectivity index is 1.89. The molecular formula is C26H34N4O5S. The normalized spacial score (nSPS) is 13.4. The number of sulfone groups is 1. The molecule has 0 spiro atoms. The number of carbonyl (C=O) groups is 2. The predicted molar refractivity (Wildman–Crippen MR) is 141 cm³/mol. The van der Waals surface area contributed by atoms with Crippen LogP contribution in [0.2, 0.25) is 0 Å². The van der Waals surface area contributed by atoms with Crippen LogP contribution < -0.4 is 15.4 Å². The van der Waals surface area contributed by atoms with E-state index in [1.165, 1.54) is 7.05 Å². The number of nitrogens with one attached hydrogen (secondary N) is 3. The van der Waals surface area contributed by atoms with Crippen molar-refractivity contribution in [3.05, 3.63) is 58.1 Å². The fraction of sp³-hybridized carbons (Fsp3) is 0.423. The average molecular weight is 515 g/mol. The summed E-state index contributed by atoms with van der Waals surface area (Å²) >= 11 is 0. The van der Waals surface area contributed by atoms with Gasteiger partial charge in [0.25, 0.3) is 5.91 Å². The van der Waals surface area contributed by atoms with Gasteiger partial charge in [-0.1, -0.05) is 20.8 Å². The third-order valence-corrected chi connectivity index (χ3v) is 6.57. The van der Waals surface area contributed by atoms with Crippen LogP contribution in [0.15, 0.2) is 30.3 Å². The van der Waals surface area contributed by atoms with E-state index in [4.69, 9.17) is 10.1 Å². The molecule has 10 heteroatoms. The molecule has 0 saturated carbocycles. The summed E-state index contributed by atoms with van der Waals surface area (Å²) in [6, 6.07) is 8.71. The summed E-state index contributed by atoms with van der Waals surface area (Å²) in [5, 5.41) is 14.1. The molecule has 0 bridgehead atoms. The van der Waals surface area contributed by atoms with E-state index in [0.29, 0.717) is 41.3 Å². The first-order chi connectivity index (χ1) is 16.7. The molecule has 2 aromatic rings. The number of nitrogens with zero attached hydrogens (tertiary/aromatic N) is 1. The first-order valence-corrected chi connectivity index (χ1v) is 13.8. The van der Waals surface area contributed by atoms with Gasteiger partial charge in [-0.2, -0.15) is 0 Å². The van der Waals surface area contributed by atoms with Crippen LogP contribution in [-0.2, 0) is 21.8 Å². The van der Waals surface area contributed by atoms with Crippen LogP contribution in [0.4, 0.5) is 5.69 Å². The number of carbonyl (C=O) groups excluding carboxylic acids is 2. The van der Waals surface area contributed by atoms with Crippen LogP contribution in [0.1, 0.15) is 65.1 Å². The Morgan fingerprint density at radius 1 is 1.14 bits per heavy atom. The number of ether oxygens (including phenoxy) is 1. The van der Waals surface area contributed by atoms with Crippen molar-refractivity contribution in [1.29, 1.82) is 5.41 Å². The molecule has 3 rings (SSSR count). The molecule has 0 aromatic heterocycles. The highest BCUT2D eigenvalue weighted by molar-refractivity contribution is 7.90. The Bertz CT molecular complexity index is 1310. The molecule has 3 N–H and O–H groups in total. The molecule has 194 valence electrons. The fourth-order valence-electron chi connectivity index (χ4n) is 3.95. The van der Waals surface area contributed by atoms with E-state index in [1.807, 2.05) is 39.8 Å². The lowest BCUT2D eigenvalue weighted by Gasteiger charge is -2.22. The van der Waals surface area contributed by atoms with Gasteiger partial charge in [-0.05, 0) is 53.8 Å². The number of ketones is 1. The second-order valence-corrected chi connectivity index (χ2v) is 12.1. The van der Waals surface area contributed by atoms with Crippen molar-refractivity contribution < 1.29 is 22.7 Å². The number of rotatable bonds is 9. The first-order valence-electron chi connectivity index (χ1n) is 11.7. The highest BCUT2D eigenvalue weighted by Crippen LogP contribution is 2.31. The highest BCUT2D eigenvalue weighted by atomic mass is 32.2. The largest absolute Gasteiger partial charge is 0.493 e. The number of amides is 1. The van der Waals surface area contributed by atoms with Crippen LogP contribution in [0.3, 0.4) is 0 Å². The monoisotopic (exact) mass is 514 g/mol. The van der Waals surface area contributed by atoms with Crippen LogP contribution in [0, 0.1) is 5.41 Å². The van der Waals surface area contributed by atoms with E-state index < -0.39 is 9.84 Å². The smallest absolute Gasteiger partial charge is 0.254 e. The van der Waals surface area contributed by atoms with Crippen LogP contribution in [-0.4, -0.2) is 63.2 Å². The Labute approximate surface area is 212 Å². The summed E-state index contributed by atoms with van der Waals surface area (Å²) in [4.78, 5) is 27.4. The molecule has 0 fully saturated rings. The molecule has 0 unspecified atom stereocenters. The maximum absolute atomic E-state index is 13.3. The highest BCUT2D eigenvalue weighted by Gasteiger charge is 2.29. The number of fused-ring (bicyclic) bond motifs is 1. The standard InChI is InChI=1S/C26H34N4O5S/c1-7-35-23-10-17-13-30(24(27)20(17)12-21(23)25(32)28-5)14-22(31)16-8-18(26(2,3)4)11-19(9-16)29-15-36(6,33)34/h8-12,27,29H,7,13-15H2,1-6H3,(H,28,32). The van der Waals surface area contributed by atoms with Gasteiger partial charge in [-0.3, -0.25) is 15.0 Å². The zero-order valence-electron chi connectivity index (χ0n) is 21.6. The zero-order valence-corrected chi connectivity index (χ0v) is 22.4. The van der Waals surface area contributed by atoms with Crippen molar-refractivity contribution in [2.24, 2.45) is 0 Å². The van der Waals surface area contributed by atoms with Crippen LogP contribution in [0.25, 0.3) is 0 Å². The Hall–Kier alpha value is -3.40. The molecule has 0 aliphatic carbocycles. The third-order valence-electron chi connectivity index (χ3n) is 5.90. The SMILES string of the molecule is CCOc1cc2c(cc1C(=O)NC)C(=N)N(CC(=O)c1cc(NCS(C)(=O)=O)cc(C(C)(C)C)c1)C2. The second kappa shape index (κ2) is 10.3. The summed E-state index contributed by atoms with van der Waals surface area (Å²) in [6.07, 6.45) is 1.14. The number of hydrogen-bond donors (Lipinski definition) is 3. The Kier molecular flexibility index (Phi) is 7.78. The van der Waals surface area contributed by atoms with Gasteiger partial charge < -0.3 is 20.3 Å². The van der Waals surface area contributed by atoms with Crippen molar-refractivity contribution in [3.63, 3.8) is 0 Å². The summed E-state index contributed by atoms with van der Waals surface area (Å²) in [5.41, 5.74) is 3.35. The molecule has 1 aliphatic heterocycles. The van der Waals surface area contributed by atoms with Gasteiger partial charge in [0.2, 0.25) is 0 Å². The van der Waals surface area contributed by atoms with Crippen LogP contribution >= 0.6 is 0 Å². The van der Waals surface area contributed by atoms with E-state index in [0.717, 1.165) is 17.4 Å². The molecule has 0 atom stereocenters. The van der Waals surface area contributed by atoms with E-state index in [1.54, 1.807) is 23.1 Å². The molecule has 2 aromatic carbocycles. The Morgan fingerprint density at radius 3 is 2.42 bits per heavy atom. The van der Waals surface area contributed by atoms with Gasteiger partial charge >= 0.3 is 0 Å². The fourth-order valence-corrected chi connectivity index (χ4v) is 4.38. The van der Waals surface area contributed by atoms with Gasteiger partial charge in [0.05, 0.1) is 18.7 Å². The Morgan fingerprint density at radius 2 is 1.83 bits per heavy atom. The lowest BCUT2D eigenvalue weighted by molar-refractivity contribution is 0.0953. The van der Waals surface area contributed by atoms with E-state index in [-0.39, 0.29) is 35.4 Å². The lowest BCUT2D eigenvalue weighted by Crippen LogP contribution is -2.30. The minimum atomic E-state index is -3.25. The van der Waals surface area contributed by atoms with Crippen molar-refractivity contribution in [1.82, 2.24) is 10.2 Å². The van der Waals surface area contributed by atoms with Crippen molar-refractivity contribution in [2.45, 2.75) is 39.7 Å². The minimum Gasteiger partial charge on any atom is -0.493 e. The summed E-state index contributed by atoms with van der Waals surface area (Å²) in [5.74, 6) is -0.143. The maximum atomic E-state index is 13.3. The molecular weight excluding hydrogens is 480 g/mol. The molecule has 0 radical (unpaired) electrons. The van der Waals surface area contributed by atoms with Gasteiger partial charge in [0.1, 0.15) is 17.5 Å². The topological polar surface area (TPSA) is 129 Å². The van der Waals surface area contributed by atoms with Gasteiger partial charge in [-0.15, -0.1) is 0 Å². The second-order valence-electron chi connectivity index (χ2n) is 9.94. The van der Waals surface area contributed by atoms with Crippen LogP contribution in [0.5, 0.6) is 5.75 Å². The van der Waals surface area contributed by atoms with Gasteiger partial charge in [-0.25, -0.2) is 8.42 Å². The van der Waals surface area contributed by atoms with Crippen molar-refractivity contribution >= 4 is 33.1 Å². The predicted octanol–water partition coefficient (Wildman–Crippen LogP) is 3.18. The van der Waals surface area contributed by atoms with Crippen molar-refractivity contribution in [2.75, 3.05) is 37.6 Å². The van der Waals surface area contributed by atoms with E-state index in [2.05, 4.69) is 10.6 Å². The molecule has 1 amide bonds. The molecule has 1 aliphatic rings. The molecule has 36 heavy (non-hydrogen) atoms. The third kappa shape index (κ3) is 6.23. The summed E-state index contributed by atoms with van der Waals surface area (Å²) in [6.45, 7) is 8.58. The number of Topliss-reactive ketones (excluding diaryl/α,β-unsaturated/α-hetero) is 1. The lowest BCUT2D eigenvalue weighted by atomic mass is 9.85. The molecule has 1 heterocycles. The van der Waals surface area contributed by atoms with Crippen molar-refractivity contribution in [3.8, 4) is 5.75 Å².